The number of Topliss-reactive ketones (excluding diaryl/α,β-unsaturated/α-hetero) is 2. The van der Waals surface area contributed by atoms with E-state index in [1.165, 1.54) is 19.2 Å². The van der Waals surface area contributed by atoms with E-state index in [-0.39, 0.29) is 38.8 Å². The quantitative estimate of drug-likeness (QED) is 0.289. The lowest BCUT2D eigenvalue weighted by molar-refractivity contribution is -0.119. The maximum atomic E-state index is 14.0. The highest BCUT2D eigenvalue weighted by molar-refractivity contribution is 9.10. The van der Waals surface area contributed by atoms with Crippen molar-refractivity contribution in [1.82, 2.24) is 4.90 Å². The fourth-order valence-electron chi connectivity index (χ4n) is 6.61. The van der Waals surface area contributed by atoms with Gasteiger partial charge in [-0.25, -0.2) is 0 Å². The van der Waals surface area contributed by atoms with Crippen molar-refractivity contribution in [3.63, 3.8) is 0 Å². The molecule has 3 aliphatic rings. The van der Waals surface area contributed by atoms with Crippen LogP contribution < -0.4 is 8.92 Å². The number of ketones is 2. The molecule has 0 saturated heterocycles. The van der Waals surface area contributed by atoms with Crippen molar-refractivity contribution < 1.29 is 26.9 Å². The number of carbonyl (C=O) groups is 2. The molecule has 9 heteroatoms. The van der Waals surface area contributed by atoms with E-state index in [4.69, 9.17) is 8.92 Å². The second-order valence-corrected chi connectivity index (χ2v) is 15.5. The fourth-order valence-corrected chi connectivity index (χ4v) is 8.23. The Morgan fingerprint density at radius 3 is 1.95 bits per heavy atom. The highest BCUT2D eigenvalue weighted by Gasteiger charge is 2.49. The minimum absolute atomic E-state index is 0.00383. The van der Waals surface area contributed by atoms with E-state index in [0.717, 1.165) is 37.2 Å². The van der Waals surface area contributed by atoms with Crippen LogP contribution in [0.2, 0.25) is 0 Å². The summed E-state index contributed by atoms with van der Waals surface area (Å²) < 4.78 is 37.7. The standard InChI is InChI=1S/C33H38BrNO6S/c1-7-13-35-23-16-32(2,3)18-25(36)29(23)28(30-24(35)17-33(4,5)19-26(30)37)20-14-22(34)31(27(15-20)40-6)41-42(38,39)21-11-9-8-10-12-21/h8-12,14-15,28H,7,13,16-19H2,1-6H3. The second-order valence-electron chi connectivity index (χ2n) is 13.1. The molecular weight excluding hydrogens is 618 g/mol. The van der Waals surface area contributed by atoms with Crippen LogP contribution in [0.3, 0.4) is 0 Å². The monoisotopic (exact) mass is 655 g/mol. The summed E-state index contributed by atoms with van der Waals surface area (Å²) in [5.41, 5.74) is 3.58. The Morgan fingerprint density at radius 2 is 1.45 bits per heavy atom. The minimum atomic E-state index is -4.14. The molecular formula is C33H38BrNO6S. The largest absolute Gasteiger partial charge is 0.493 e. The fraction of sp³-hybridized carbons (Fsp3) is 0.455. The van der Waals surface area contributed by atoms with Crippen LogP contribution in [-0.4, -0.2) is 38.5 Å². The van der Waals surface area contributed by atoms with E-state index in [9.17, 15) is 18.0 Å². The van der Waals surface area contributed by atoms with Crippen LogP contribution in [-0.2, 0) is 19.7 Å². The van der Waals surface area contributed by atoms with Gasteiger partial charge in [0.1, 0.15) is 4.90 Å². The highest BCUT2D eigenvalue weighted by Crippen LogP contribution is 2.55. The van der Waals surface area contributed by atoms with E-state index >= 15 is 0 Å². The average Bonchev–Trinajstić information content (AvgIpc) is 2.89. The molecule has 224 valence electrons. The van der Waals surface area contributed by atoms with Gasteiger partial charge >= 0.3 is 10.1 Å². The first-order valence-electron chi connectivity index (χ1n) is 14.3. The zero-order valence-corrected chi connectivity index (χ0v) is 27.4. The molecule has 0 radical (unpaired) electrons. The van der Waals surface area contributed by atoms with Crippen molar-refractivity contribution in [3.8, 4) is 11.5 Å². The maximum Gasteiger partial charge on any atom is 0.339 e. The molecule has 0 spiro atoms. The van der Waals surface area contributed by atoms with E-state index in [1.807, 2.05) is 0 Å². The molecule has 0 bridgehead atoms. The van der Waals surface area contributed by atoms with Gasteiger partial charge in [0.2, 0.25) is 0 Å². The zero-order valence-electron chi connectivity index (χ0n) is 25.0. The first kappa shape index (κ1) is 30.5. The van der Waals surface area contributed by atoms with E-state index in [1.54, 1.807) is 30.3 Å². The Kier molecular flexibility index (Phi) is 7.98. The third-order valence-corrected chi connectivity index (χ3v) is 10.1. The van der Waals surface area contributed by atoms with Gasteiger partial charge in [-0.1, -0.05) is 52.8 Å². The number of nitrogens with zero attached hydrogens (tertiary/aromatic N) is 1. The van der Waals surface area contributed by atoms with Crippen LogP contribution in [0.25, 0.3) is 0 Å². The third kappa shape index (κ3) is 5.57. The van der Waals surface area contributed by atoms with Gasteiger partial charge in [-0.2, -0.15) is 8.42 Å². The molecule has 5 rings (SSSR count). The molecule has 2 aromatic carbocycles. The Hall–Kier alpha value is -2.91. The first-order chi connectivity index (χ1) is 19.7. The predicted octanol–water partition coefficient (Wildman–Crippen LogP) is 7.32. The number of rotatable bonds is 7. The lowest BCUT2D eigenvalue weighted by Gasteiger charge is -2.49. The van der Waals surface area contributed by atoms with Crippen LogP contribution in [0.5, 0.6) is 11.5 Å². The summed E-state index contributed by atoms with van der Waals surface area (Å²) in [5.74, 6) is -0.312. The number of allylic oxidation sites excluding steroid dienone is 4. The Balaban J connectivity index is 1.70. The molecule has 42 heavy (non-hydrogen) atoms. The summed E-state index contributed by atoms with van der Waals surface area (Å²) >= 11 is 3.53. The van der Waals surface area contributed by atoms with Gasteiger partial charge < -0.3 is 13.8 Å². The minimum Gasteiger partial charge on any atom is -0.493 e. The topological polar surface area (TPSA) is 90.0 Å². The van der Waals surface area contributed by atoms with Crippen molar-refractivity contribution in [1.29, 1.82) is 0 Å². The molecule has 0 amide bonds. The van der Waals surface area contributed by atoms with E-state index < -0.39 is 16.0 Å². The number of methoxy groups -OCH3 is 1. The number of halogens is 1. The molecule has 0 fully saturated rings. The average molecular weight is 657 g/mol. The first-order valence-corrected chi connectivity index (χ1v) is 16.5. The van der Waals surface area contributed by atoms with E-state index in [2.05, 4.69) is 55.4 Å². The molecule has 0 atom stereocenters. The molecule has 7 nitrogen and oxygen atoms in total. The van der Waals surface area contributed by atoms with Crippen LogP contribution in [0.1, 0.15) is 78.2 Å². The van der Waals surface area contributed by atoms with Gasteiger partial charge in [0.05, 0.1) is 11.6 Å². The summed E-state index contributed by atoms with van der Waals surface area (Å²) in [6.07, 6.45) is 3.11. The van der Waals surface area contributed by atoms with Crippen LogP contribution >= 0.6 is 15.9 Å². The van der Waals surface area contributed by atoms with Crippen LogP contribution in [0.4, 0.5) is 0 Å². The van der Waals surface area contributed by atoms with Crippen LogP contribution in [0, 0.1) is 10.8 Å². The number of carbonyl (C=O) groups excluding carboxylic acids is 2. The Bertz CT molecular complexity index is 1570. The molecule has 0 N–H and O–H groups in total. The maximum absolute atomic E-state index is 14.0. The summed E-state index contributed by atoms with van der Waals surface area (Å²) in [4.78, 5) is 30.2. The Labute approximate surface area is 257 Å². The van der Waals surface area contributed by atoms with Gasteiger partial charge in [-0.05, 0) is 75.9 Å². The second kappa shape index (κ2) is 11.0. The van der Waals surface area contributed by atoms with Gasteiger partial charge in [-0.3, -0.25) is 9.59 Å². The summed E-state index contributed by atoms with van der Waals surface area (Å²) in [7, 11) is -2.71. The van der Waals surface area contributed by atoms with Gasteiger partial charge in [0, 0.05) is 47.8 Å². The number of hydrogen-bond donors (Lipinski definition) is 0. The summed E-state index contributed by atoms with van der Waals surface area (Å²) in [5, 5.41) is 0. The van der Waals surface area contributed by atoms with Gasteiger partial charge in [0.25, 0.3) is 0 Å². The Morgan fingerprint density at radius 1 is 0.905 bits per heavy atom. The number of ether oxygens (including phenoxy) is 1. The van der Waals surface area contributed by atoms with Crippen molar-refractivity contribution >= 4 is 37.6 Å². The normalized spacial score (nSPS) is 20.4. The lowest BCUT2D eigenvalue weighted by atomic mass is 9.63. The van der Waals surface area contributed by atoms with Gasteiger partial charge in [0.15, 0.2) is 23.1 Å². The molecule has 0 aromatic heterocycles. The SMILES string of the molecule is CCCN1C2=C(C(=O)CC(C)(C)C2)C(c2cc(Br)c(OS(=O)(=O)c3ccccc3)c(OC)c2)C2=C1CC(C)(C)CC2=O. The highest BCUT2D eigenvalue weighted by atomic mass is 79.9. The van der Waals surface area contributed by atoms with Crippen molar-refractivity contribution in [2.75, 3.05) is 13.7 Å². The molecule has 2 aliphatic carbocycles. The van der Waals surface area contributed by atoms with Gasteiger partial charge in [-0.15, -0.1) is 0 Å². The molecule has 1 aliphatic heterocycles. The smallest absolute Gasteiger partial charge is 0.339 e. The van der Waals surface area contributed by atoms with Crippen molar-refractivity contribution in [3.05, 3.63) is 75.0 Å². The third-order valence-electron chi connectivity index (χ3n) is 8.28. The molecule has 0 saturated carbocycles. The number of hydrogen-bond acceptors (Lipinski definition) is 7. The summed E-state index contributed by atoms with van der Waals surface area (Å²) in [6.45, 7) is 11.3. The molecule has 2 aromatic rings. The number of benzene rings is 2. The molecule has 1 heterocycles. The van der Waals surface area contributed by atoms with Crippen molar-refractivity contribution in [2.45, 2.75) is 77.5 Å². The van der Waals surface area contributed by atoms with Crippen LogP contribution in [0.15, 0.2) is 74.4 Å². The predicted molar refractivity (Wildman–Crippen MR) is 165 cm³/mol. The van der Waals surface area contributed by atoms with Crippen molar-refractivity contribution in [2.24, 2.45) is 10.8 Å². The summed E-state index contributed by atoms with van der Waals surface area (Å²) in [6, 6.07) is 11.4. The lowest BCUT2D eigenvalue weighted by Crippen LogP contribution is -2.44. The zero-order chi connectivity index (χ0) is 30.6. The van der Waals surface area contributed by atoms with E-state index in [0.29, 0.717) is 34.0 Å². The molecule has 0 unspecified atom stereocenters.